The van der Waals surface area contributed by atoms with Crippen LogP contribution in [0.5, 0.6) is 0 Å². The average Bonchev–Trinajstić information content (AvgIpc) is 3.34. The van der Waals surface area contributed by atoms with E-state index < -0.39 is 0 Å². The van der Waals surface area contributed by atoms with Crippen molar-refractivity contribution in [2.75, 3.05) is 53.0 Å². The summed E-state index contributed by atoms with van der Waals surface area (Å²) in [4.78, 5) is 33.8. The fourth-order valence-corrected chi connectivity index (χ4v) is 5.31. The summed E-state index contributed by atoms with van der Waals surface area (Å²) in [7, 11) is 1.75. The molecule has 0 radical (unpaired) electrons. The smallest absolute Gasteiger partial charge is 0.259 e. The molecule has 2 aliphatic heterocycles. The second-order valence-corrected chi connectivity index (χ2v) is 10.7. The number of fused-ring (bicyclic) bond motifs is 3. The van der Waals surface area contributed by atoms with Gasteiger partial charge >= 0.3 is 0 Å². The number of benzene rings is 1. The predicted molar refractivity (Wildman–Crippen MR) is 147 cm³/mol. The van der Waals surface area contributed by atoms with Gasteiger partial charge in [0.25, 0.3) is 11.5 Å². The van der Waals surface area contributed by atoms with Crippen LogP contribution in [0.1, 0.15) is 55.1 Å². The molecular weight excluding hydrogens is 494 g/mol. The fraction of sp³-hybridized carbons (Fsp3) is 0.593. The number of aromatic nitrogens is 3. The molecule has 1 N–H and O–H groups in total. The molecule has 37 heavy (non-hydrogen) atoms. The Hall–Kier alpha value is -2.46. The van der Waals surface area contributed by atoms with Gasteiger partial charge in [-0.1, -0.05) is 0 Å². The molecule has 9 nitrogen and oxygen atoms in total. The first kappa shape index (κ1) is 27.6. The maximum absolute atomic E-state index is 13.6. The van der Waals surface area contributed by atoms with Gasteiger partial charge in [0.2, 0.25) is 0 Å². The lowest BCUT2D eigenvalue weighted by Gasteiger charge is -2.36. The third-order valence-electron chi connectivity index (χ3n) is 7.92. The minimum absolute atomic E-state index is 0. The third-order valence-corrected chi connectivity index (χ3v) is 7.92. The Bertz CT molecular complexity index is 1320. The minimum Gasteiger partial charge on any atom is -0.381 e. The summed E-state index contributed by atoms with van der Waals surface area (Å²) in [5, 5.41) is 6.02. The first-order chi connectivity index (χ1) is 17.3. The Morgan fingerprint density at radius 2 is 1.86 bits per heavy atom. The summed E-state index contributed by atoms with van der Waals surface area (Å²) in [5.74, 6) is 0.0442. The molecule has 0 aliphatic carbocycles. The molecule has 0 spiro atoms. The Labute approximate surface area is 223 Å². The van der Waals surface area contributed by atoms with Gasteiger partial charge in [0.15, 0.2) is 0 Å². The van der Waals surface area contributed by atoms with Crippen LogP contribution in [0.2, 0.25) is 0 Å². The van der Waals surface area contributed by atoms with Crippen molar-refractivity contribution in [1.29, 1.82) is 0 Å². The van der Waals surface area contributed by atoms with Crippen molar-refractivity contribution in [3.63, 3.8) is 0 Å². The SMILES string of the molecule is COC(C)(C)CCN1CCN(C(=O)c2cc3c(cc2C)[nH]c(=O)c2cnn(C4CCOCC4)c23)CC1.Cl. The first-order valence-electron chi connectivity index (χ1n) is 13.0. The van der Waals surface area contributed by atoms with Crippen LogP contribution in [-0.2, 0) is 9.47 Å². The zero-order valence-electron chi connectivity index (χ0n) is 22.2. The number of pyridine rings is 1. The second-order valence-electron chi connectivity index (χ2n) is 10.7. The molecule has 0 bridgehead atoms. The van der Waals surface area contributed by atoms with E-state index in [1.807, 2.05) is 28.6 Å². The van der Waals surface area contributed by atoms with Crippen molar-refractivity contribution in [3.8, 4) is 0 Å². The van der Waals surface area contributed by atoms with Gasteiger partial charge in [-0.05, 0) is 57.7 Å². The van der Waals surface area contributed by atoms with Gasteiger partial charge in [-0.15, -0.1) is 12.4 Å². The monoisotopic (exact) mass is 531 g/mol. The van der Waals surface area contributed by atoms with Gasteiger partial charge in [0.1, 0.15) is 0 Å². The first-order valence-corrected chi connectivity index (χ1v) is 13.0. The highest BCUT2D eigenvalue weighted by atomic mass is 35.5. The summed E-state index contributed by atoms with van der Waals surface area (Å²) in [6.07, 6.45) is 4.31. The number of halogens is 1. The number of hydrogen-bond donors (Lipinski definition) is 1. The highest BCUT2D eigenvalue weighted by molar-refractivity contribution is 6.07. The van der Waals surface area contributed by atoms with E-state index in [-0.39, 0.29) is 35.5 Å². The number of hydrogen-bond acceptors (Lipinski definition) is 6. The van der Waals surface area contributed by atoms with E-state index in [0.717, 1.165) is 60.9 Å². The molecule has 1 amide bonds. The summed E-state index contributed by atoms with van der Waals surface area (Å²) in [6.45, 7) is 11.6. The molecule has 0 saturated carbocycles. The number of aromatic amines is 1. The lowest BCUT2D eigenvalue weighted by Crippen LogP contribution is -2.49. The normalized spacial score (nSPS) is 17.9. The molecule has 202 valence electrons. The summed E-state index contributed by atoms with van der Waals surface area (Å²) < 4.78 is 13.0. The fourth-order valence-electron chi connectivity index (χ4n) is 5.31. The van der Waals surface area contributed by atoms with Crippen LogP contribution in [0, 0.1) is 6.92 Å². The molecule has 5 rings (SSSR count). The number of rotatable bonds is 6. The van der Waals surface area contributed by atoms with E-state index in [4.69, 9.17) is 9.47 Å². The highest BCUT2D eigenvalue weighted by Gasteiger charge is 2.27. The molecule has 0 unspecified atom stereocenters. The molecule has 3 aromatic rings. The molecule has 2 aliphatic rings. The van der Waals surface area contributed by atoms with Crippen molar-refractivity contribution < 1.29 is 14.3 Å². The summed E-state index contributed by atoms with van der Waals surface area (Å²) in [6, 6.07) is 4.06. The van der Waals surface area contributed by atoms with Crippen LogP contribution in [0.3, 0.4) is 0 Å². The third kappa shape index (κ3) is 5.55. The topological polar surface area (TPSA) is 92.7 Å². The molecular formula is C27H38ClN5O4. The Kier molecular flexibility index (Phi) is 8.28. The van der Waals surface area contributed by atoms with Crippen molar-refractivity contribution in [2.24, 2.45) is 0 Å². The Morgan fingerprint density at radius 3 is 2.54 bits per heavy atom. The summed E-state index contributed by atoms with van der Waals surface area (Å²) >= 11 is 0. The number of H-pyrrole nitrogens is 1. The molecule has 2 fully saturated rings. The Morgan fingerprint density at radius 1 is 1.16 bits per heavy atom. The van der Waals surface area contributed by atoms with Crippen LogP contribution in [-0.4, -0.2) is 89.1 Å². The molecule has 2 saturated heterocycles. The number of piperazine rings is 1. The molecule has 2 aromatic heterocycles. The number of carbonyl (C=O) groups excluding carboxylic acids is 1. The van der Waals surface area contributed by atoms with Crippen LogP contribution >= 0.6 is 12.4 Å². The van der Waals surface area contributed by atoms with E-state index in [2.05, 4.69) is 28.8 Å². The van der Waals surface area contributed by atoms with Crippen LogP contribution in [0.25, 0.3) is 21.8 Å². The number of amides is 1. The number of aryl methyl sites for hydroxylation is 1. The number of ether oxygens (including phenoxy) is 2. The van der Waals surface area contributed by atoms with Crippen LogP contribution < -0.4 is 5.56 Å². The quantitative estimate of drug-likeness (QED) is 0.523. The van der Waals surface area contributed by atoms with Gasteiger partial charge in [-0.2, -0.15) is 5.10 Å². The largest absolute Gasteiger partial charge is 0.381 e. The average molecular weight is 532 g/mol. The standard InChI is InChI=1S/C27H37N5O4.ClH/c1-18-15-23-21(24-22(25(33)29-23)17-28-32(24)19-5-13-36-14-6-19)16-20(18)26(34)31-11-9-30(10-12-31)8-7-27(2,3)35-4;/h15-17,19H,5-14H2,1-4H3,(H,29,33);1H. The van der Waals surface area contributed by atoms with Crippen molar-refractivity contribution >= 4 is 40.1 Å². The number of methoxy groups -OCH3 is 1. The van der Waals surface area contributed by atoms with Crippen LogP contribution in [0.15, 0.2) is 23.1 Å². The molecule has 1 aromatic carbocycles. The van der Waals surface area contributed by atoms with E-state index >= 15 is 0 Å². The zero-order chi connectivity index (χ0) is 25.4. The Balaban J connectivity index is 0.00000320. The van der Waals surface area contributed by atoms with Gasteiger partial charge < -0.3 is 19.4 Å². The molecule has 4 heterocycles. The van der Waals surface area contributed by atoms with Gasteiger partial charge in [0, 0.05) is 64.0 Å². The lowest BCUT2D eigenvalue weighted by atomic mass is 10.0. The number of nitrogens with one attached hydrogen (secondary N) is 1. The highest BCUT2D eigenvalue weighted by Crippen LogP contribution is 2.30. The van der Waals surface area contributed by atoms with Gasteiger partial charge in [-0.3, -0.25) is 19.2 Å². The van der Waals surface area contributed by atoms with Crippen LogP contribution in [0.4, 0.5) is 0 Å². The predicted octanol–water partition coefficient (Wildman–Crippen LogP) is 3.53. The number of nitrogens with zero attached hydrogens (tertiary/aromatic N) is 4. The number of carbonyl (C=O) groups is 1. The van der Waals surface area contributed by atoms with Crippen molar-refractivity contribution in [3.05, 3.63) is 39.8 Å². The molecule has 0 atom stereocenters. The van der Waals surface area contributed by atoms with Gasteiger partial charge in [-0.25, -0.2) is 0 Å². The van der Waals surface area contributed by atoms with E-state index in [0.29, 0.717) is 37.3 Å². The zero-order valence-corrected chi connectivity index (χ0v) is 23.0. The van der Waals surface area contributed by atoms with E-state index in [9.17, 15) is 9.59 Å². The van der Waals surface area contributed by atoms with E-state index in [1.165, 1.54) is 0 Å². The lowest BCUT2D eigenvalue weighted by molar-refractivity contribution is 0.00345. The van der Waals surface area contributed by atoms with E-state index in [1.54, 1.807) is 13.3 Å². The van der Waals surface area contributed by atoms with Crippen molar-refractivity contribution in [1.82, 2.24) is 24.6 Å². The minimum atomic E-state index is -0.151. The van der Waals surface area contributed by atoms with Gasteiger partial charge in [0.05, 0.1) is 34.3 Å². The molecule has 10 heteroatoms. The maximum Gasteiger partial charge on any atom is 0.259 e. The van der Waals surface area contributed by atoms with Crippen molar-refractivity contribution in [2.45, 2.75) is 51.7 Å². The maximum atomic E-state index is 13.6. The summed E-state index contributed by atoms with van der Waals surface area (Å²) in [5.41, 5.74) is 2.80. The second kappa shape index (κ2) is 11.1.